The van der Waals surface area contributed by atoms with Crippen molar-refractivity contribution in [3.05, 3.63) is 30.2 Å². The van der Waals surface area contributed by atoms with Crippen LogP contribution >= 0.6 is 0 Å². The van der Waals surface area contributed by atoms with Crippen molar-refractivity contribution in [3.8, 4) is 0 Å². The van der Waals surface area contributed by atoms with Crippen LogP contribution in [0.15, 0.2) is 24.5 Å². The van der Waals surface area contributed by atoms with Crippen molar-refractivity contribution in [2.45, 2.75) is 18.9 Å². The topological polar surface area (TPSA) is 93.5 Å². The summed E-state index contributed by atoms with van der Waals surface area (Å²) in [7, 11) is 0. The quantitative estimate of drug-likeness (QED) is 0.786. The van der Waals surface area contributed by atoms with Gasteiger partial charge in [-0.3, -0.25) is 4.79 Å². The van der Waals surface area contributed by atoms with Crippen LogP contribution in [0.5, 0.6) is 0 Å². The maximum absolute atomic E-state index is 10.4. The highest BCUT2D eigenvalue weighted by atomic mass is 16.4. The summed E-state index contributed by atoms with van der Waals surface area (Å²) in [6.45, 7) is 0. The van der Waals surface area contributed by atoms with Crippen LogP contribution < -0.4 is 5.73 Å². The molecule has 0 fully saturated rings. The third kappa shape index (κ3) is 2.17. The molecule has 1 unspecified atom stereocenters. The highest BCUT2D eigenvalue weighted by Crippen LogP contribution is 2.15. The number of nitrogens with zero attached hydrogens (tertiary/aromatic N) is 3. The molecule has 0 bridgehead atoms. The molecule has 2 aromatic rings. The summed E-state index contributed by atoms with van der Waals surface area (Å²) in [6, 6.07) is 3.18. The number of carboxylic acid groups (broad SMARTS) is 1. The van der Waals surface area contributed by atoms with E-state index in [4.69, 9.17) is 10.8 Å². The van der Waals surface area contributed by atoms with E-state index in [1.54, 1.807) is 29.0 Å². The fraction of sp³-hybridized carbons (Fsp3) is 0.300. The van der Waals surface area contributed by atoms with Gasteiger partial charge in [-0.25, -0.2) is 9.50 Å². The largest absolute Gasteiger partial charge is 0.481 e. The fourth-order valence-corrected chi connectivity index (χ4v) is 1.46. The molecule has 6 nitrogen and oxygen atoms in total. The predicted octanol–water partition coefficient (Wildman–Crippen LogP) is 0.594. The monoisotopic (exact) mass is 220 g/mol. The van der Waals surface area contributed by atoms with Crippen LogP contribution in [0.25, 0.3) is 5.65 Å². The minimum absolute atomic E-state index is 0.0441. The molecule has 1 atom stereocenters. The highest BCUT2D eigenvalue weighted by Gasteiger charge is 2.12. The number of aromatic nitrogens is 3. The number of hydrogen-bond donors (Lipinski definition) is 2. The smallest absolute Gasteiger partial charge is 0.303 e. The van der Waals surface area contributed by atoms with Crippen molar-refractivity contribution in [3.63, 3.8) is 0 Å². The number of fused-ring (bicyclic) bond motifs is 1. The summed E-state index contributed by atoms with van der Waals surface area (Å²) in [5.41, 5.74) is 7.22. The number of aliphatic carboxylic acids is 1. The molecule has 0 spiro atoms. The lowest BCUT2D eigenvalue weighted by Gasteiger charge is -2.05. The van der Waals surface area contributed by atoms with Gasteiger partial charge in [-0.15, -0.1) is 0 Å². The number of hydrogen-bond acceptors (Lipinski definition) is 4. The van der Waals surface area contributed by atoms with Crippen LogP contribution in [-0.2, 0) is 4.79 Å². The third-order valence-electron chi connectivity index (χ3n) is 2.30. The molecule has 3 N–H and O–H groups in total. The van der Waals surface area contributed by atoms with Gasteiger partial charge in [0.05, 0.1) is 5.69 Å². The van der Waals surface area contributed by atoms with E-state index in [2.05, 4.69) is 10.1 Å². The number of rotatable bonds is 4. The van der Waals surface area contributed by atoms with E-state index in [9.17, 15) is 4.79 Å². The Balaban J connectivity index is 2.16. The summed E-state index contributed by atoms with van der Waals surface area (Å²) in [4.78, 5) is 14.5. The zero-order chi connectivity index (χ0) is 11.5. The molecule has 0 amide bonds. The summed E-state index contributed by atoms with van der Waals surface area (Å²) >= 11 is 0. The van der Waals surface area contributed by atoms with E-state index in [-0.39, 0.29) is 12.5 Å². The number of carbonyl (C=O) groups is 1. The van der Waals surface area contributed by atoms with E-state index in [0.717, 1.165) is 0 Å². The average Bonchev–Trinajstić information content (AvgIpc) is 2.69. The summed E-state index contributed by atoms with van der Waals surface area (Å²) < 4.78 is 1.62. The first-order valence-corrected chi connectivity index (χ1v) is 4.94. The van der Waals surface area contributed by atoms with Gasteiger partial charge in [0.2, 0.25) is 0 Å². The van der Waals surface area contributed by atoms with Gasteiger partial charge in [0.25, 0.3) is 0 Å². The molecular weight excluding hydrogens is 208 g/mol. The van der Waals surface area contributed by atoms with E-state index in [1.165, 1.54) is 0 Å². The van der Waals surface area contributed by atoms with Crippen LogP contribution in [0.3, 0.4) is 0 Å². The minimum atomic E-state index is -0.850. The first kappa shape index (κ1) is 10.6. The minimum Gasteiger partial charge on any atom is -0.481 e. The fourth-order valence-electron chi connectivity index (χ4n) is 1.46. The molecule has 0 radical (unpaired) electrons. The van der Waals surface area contributed by atoms with Crippen molar-refractivity contribution in [1.82, 2.24) is 14.6 Å². The molecule has 2 aromatic heterocycles. The van der Waals surface area contributed by atoms with Gasteiger partial charge in [-0.05, 0) is 12.5 Å². The standard InChI is InChI=1S/C10H12N4O2/c11-7(2-3-10(15)16)8-6-9-12-4-1-5-14(9)13-8/h1,4-7H,2-3,11H2,(H,15,16). The van der Waals surface area contributed by atoms with Crippen molar-refractivity contribution in [2.24, 2.45) is 5.73 Å². The SMILES string of the molecule is NC(CCC(=O)O)c1cc2ncccn2n1. The van der Waals surface area contributed by atoms with Crippen LogP contribution in [-0.4, -0.2) is 25.7 Å². The van der Waals surface area contributed by atoms with Crippen LogP contribution in [0.4, 0.5) is 0 Å². The molecule has 84 valence electrons. The normalized spacial score (nSPS) is 12.8. The first-order valence-electron chi connectivity index (χ1n) is 4.94. The maximum atomic E-state index is 10.4. The lowest BCUT2D eigenvalue weighted by molar-refractivity contribution is -0.137. The van der Waals surface area contributed by atoms with Crippen LogP contribution in [0.1, 0.15) is 24.6 Å². The Labute approximate surface area is 91.7 Å². The Kier molecular flexibility index (Phi) is 2.82. The van der Waals surface area contributed by atoms with Gasteiger partial charge in [0, 0.05) is 30.9 Å². The van der Waals surface area contributed by atoms with E-state index >= 15 is 0 Å². The molecule has 0 saturated carbocycles. The van der Waals surface area contributed by atoms with Gasteiger partial charge in [0.15, 0.2) is 5.65 Å². The Morgan fingerprint density at radius 1 is 1.62 bits per heavy atom. The lowest BCUT2D eigenvalue weighted by atomic mass is 10.1. The first-order chi connectivity index (χ1) is 7.66. The van der Waals surface area contributed by atoms with Gasteiger partial charge >= 0.3 is 5.97 Å². The van der Waals surface area contributed by atoms with E-state index < -0.39 is 5.97 Å². The molecule has 0 aliphatic carbocycles. The highest BCUT2D eigenvalue weighted by molar-refractivity contribution is 5.66. The molecule has 0 aliphatic heterocycles. The maximum Gasteiger partial charge on any atom is 0.303 e. The Hall–Kier alpha value is -1.95. The summed E-state index contributed by atoms with van der Waals surface area (Å²) in [5, 5.41) is 12.8. The second-order valence-electron chi connectivity index (χ2n) is 3.53. The average molecular weight is 220 g/mol. The molecule has 0 aromatic carbocycles. The Morgan fingerprint density at radius 2 is 2.44 bits per heavy atom. The zero-order valence-corrected chi connectivity index (χ0v) is 8.58. The Morgan fingerprint density at radius 3 is 3.12 bits per heavy atom. The molecule has 16 heavy (non-hydrogen) atoms. The van der Waals surface area contributed by atoms with Crippen molar-refractivity contribution in [1.29, 1.82) is 0 Å². The molecule has 2 heterocycles. The zero-order valence-electron chi connectivity index (χ0n) is 8.58. The lowest BCUT2D eigenvalue weighted by Crippen LogP contribution is -2.12. The van der Waals surface area contributed by atoms with Crippen LogP contribution in [0, 0.1) is 0 Å². The third-order valence-corrected chi connectivity index (χ3v) is 2.30. The number of nitrogens with two attached hydrogens (primary N) is 1. The van der Waals surface area contributed by atoms with Gasteiger partial charge in [-0.1, -0.05) is 0 Å². The second kappa shape index (κ2) is 4.28. The molecule has 0 aliphatic rings. The molecule has 0 saturated heterocycles. The van der Waals surface area contributed by atoms with Gasteiger partial charge in [-0.2, -0.15) is 5.10 Å². The van der Waals surface area contributed by atoms with Gasteiger partial charge < -0.3 is 10.8 Å². The van der Waals surface area contributed by atoms with Crippen molar-refractivity contribution >= 4 is 11.6 Å². The molecule has 2 rings (SSSR count). The van der Waals surface area contributed by atoms with E-state index in [0.29, 0.717) is 17.8 Å². The summed E-state index contributed by atoms with van der Waals surface area (Å²) in [6.07, 6.45) is 3.86. The predicted molar refractivity (Wildman–Crippen MR) is 56.8 cm³/mol. The van der Waals surface area contributed by atoms with E-state index in [1.807, 2.05) is 0 Å². The van der Waals surface area contributed by atoms with Crippen LogP contribution in [0.2, 0.25) is 0 Å². The Bertz CT molecular complexity index is 475. The van der Waals surface area contributed by atoms with Crippen molar-refractivity contribution < 1.29 is 9.90 Å². The van der Waals surface area contributed by atoms with Gasteiger partial charge in [0.1, 0.15) is 0 Å². The molecule has 6 heteroatoms. The molecular formula is C10H12N4O2. The summed E-state index contributed by atoms with van der Waals surface area (Å²) in [5.74, 6) is -0.850. The van der Waals surface area contributed by atoms with Crippen molar-refractivity contribution in [2.75, 3.05) is 0 Å². The number of carboxylic acids is 1. The second-order valence-corrected chi connectivity index (χ2v) is 3.53.